The van der Waals surface area contributed by atoms with Crippen molar-refractivity contribution >= 4 is 5.69 Å². The van der Waals surface area contributed by atoms with Crippen LogP contribution in [0.15, 0.2) is 24.3 Å². The van der Waals surface area contributed by atoms with Crippen LogP contribution in [0.3, 0.4) is 0 Å². The molecule has 18 heavy (non-hydrogen) atoms. The normalized spacial score (nSPS) is 23.2. The molecule has 0 spiro atoms. The van der Waals surface area contributed by atoms with Crippen LogP contribution < -0.4 is 5.32 Å². The second-order valence-corrected chi connectivity index (χ2v) is 4.68. The van der Waals surface area contributed by atoms with Crippen molar-refractivity contribution in [3.63, 3.8) is 0 Å². The van der Waals surface area contributed by atoms with E-state index in [9.17, 15) is 10.1 Å². The second-order valence-electron chi connectivity index (χ2n) is 4.68. The van der Waals surface area contributed by atoms with E-state index < -0.39 is 0 Å². The van der Waals surface area contributed by atoms with E-state index in [1.807, 2.05) is 6.07 Å². The minimum Gasteiger partial charge on any atom is -0.381 e. The molecule has 1 fully saturated rings. The maximum atomic E-state index is 10.7. The third-order valence-corrected chi connectivity index (χ3v) is 3.43. The highest BCUT2D eigenvalue weighted by atomic mass is 16.6. The van der Waals surface area contributed by atoms with Gasteiger partial charge in [0.2, 0.25) is 0 Å². The minimum absolute atomic E-state index is 0.149. The van der Waals surface area contributed by atoms with Crippen molar-refractivity contribution in [1.29, 1.82) is 0 Å². The number of hydrogen-bond acceptors (Lipinski definition) is 4. The van der Waals surface area contributed by atoms with Crippen LogP contribution in [0.5, 0.6) is 0 Å². The molecule has 0 amide bonds. The smallest absolute Gasteiger partial charge is 0.269 e. The van der Waals surface area contributed by atoms with Gasteiger partial charge >= 0.3 is 0 Å². The van der Waals surface area contributed by atoms with Gasteiger partial charge in [-0.3, -0.25) is 10.1 Å². The molecule has 2 rings (SSSR count). The average molecular weight is 250 g/mol. The number of ether oxygens (including phenoxy) is 1. The lowest BCUT2D eigenvalue weighted by Gasteiger charge is -2.12. The van der Waals surface area contributed by atoms with E-state index in [-0.39, 0.29) is 10.6 Å². The average Bonchev–Trinajstić information content (AvgIpc) is 2.84. The fourth-order valence-corrected chi connectivity index (χ4v) is 2.38. The molecule has 0 bridgehead atoms. The fourth-order valence-electron chi connectivity index (χ4n) is 2.38. The van der Waals surface area contributed by atoms with Crippen LogP contribution in [-0.2, 0) is 11.3 Å². The largest absolute Gasteiger partial charge is 0.381 e. The summed E-state index contributed by atoms with van der Waals surface area (Å²) < 4.78 is 5.31. The van der Waals surface area contributed by atoms with Gasteiger partial charge in [0.1, 0.15) is 0 Å². The highest BCUT2D eigenvalue weighted by molar-refractivity contribution is 5.34. The molecule has 0 heterocycles. The topological polar surface area (TPSA) is 64.4 Å². The summed E-state index contributed by atoms with van der Waals surface area (Å²) in [6.45, 7) is 0.669. The number of nitro benzene ring substituents is 1. The van der Waals surface area contributed by atoms with Crippen LogP contribution in [0.2, 0.25) is 0 Å². The van der Waals surface area contributed by atoms with Gasteiger partial charge in [-0.05, 0) is 24.8 Å². The van der Waals surface area contributed by atoms with Gasteiger partial charge in [-0.2, -0.15) is 0 Å². The summed E-state index contributed by atoms with van der Waals surface area (Å²) in [4.78, 5) is 10.3. The number of nitrogens with one attached hydrogen (secondary N) is 1. The SMILES string of the molecule is COC1CCC(NCc2cccc([N+](=O)[O-])c2)C1. The summed E-state index contributed by atoms with van der Waals surface area (Å²) in [6.07, 6.45) is 3.56. The first-order valence-corrected chi connectivity index (χ1v) is 6.18. The standard InChI is InChI=1S/C13H18N2O3/c1-18-13-6-5-11(8-13)14-9-10-3-2-4-12(7-10)15(16)17/h2-4,7,11,13-14H,5-6,8-9H2,1H3. The number of benzene rings is 1. The van der Waals surface area contributed by atoms with Crippen molar-refractivity contribution in [2.45, 2.75) is 38.0 Å². The zero-order chi connectivity index (χ0) is 13.0. The first-order chi connectivity index (χ1) is 8.69. The lowest BCUT2D eigenvalue weighted by atomic mass is 10.2. The molecule has 0 saturated heterocycles. The number of nitrogens with zero attached hydrogens (tertiary/aromatic N) is 1. The molecular weight excluding hydrogens is 232 g/mol. The molecule has 1 N–H and O–H groups in total. The Kier molecular flexibility index (Phi) is 4.28. The summed E-state index contributed by atoms with van der Waals surface area (Å²) in [7, 11) is 1.74. The van der Waals surface area contributed by atoms with E-state index in [2.05, 4.69) is 5.32 Å². The highest BCUT2D eigenvalue weighted by Crippen LogP contribution is 2.22. The van der Waals surface area contributed by atoms with Crippen LogP contribution in [0, 0.1) is 10.1 Å². The van der Waals surface area contributed by atoms with Gasteiger partial charge in [0.05, 0.1) is 11.0 Å². The summed E-state index contributed by atoms with van der Waals surface area (Å²) in [6, 6.07) is 7.22. The van der Waals surface area contributed by atoms with Gasteiger partial charge in [0.15, 0.2) is 0 Å². The van der Waals surface area contributed by atoms with Crippen molar-refractivity contribution in [1.82, 2.24) is 5.32 Å². The van der Waals surface area contributed by atoms with E-state index >= 15 is 0 Å². The van der Waals surface area contributed by atoms with Crippen molar-refractivity contribution in [2.24, 2.45) is 0 Å². The monoisotopic (exact) mass is 250 g/mol. The Hall–Kier alpha value is -1.46. The van der Waals surface area contributed by atoms with Gasteiger partial charge in [0, 0.05) is 31.8 Å². The van der Waals surface area contributed by atoms with Crippen LogP contribution >= 0.6 is 0 Å². The third-order valence-electron chi connectivity index (χ3n) is 3.43. The molecule has 1 saturated carbocycles. The highest BCUT2D eigenvalue weighted by Gasteiger charge is 2.23. The lowest BCUT2D eigenvalue weighted by molar-refractivity contribution is -0.384. The van der Waals surface area contributed by atoms with Crippen LogP contribution in [0.25, 0.3) is 0 Å². The first-order valence-electron chi connectivity index (χ1n) is 6.18. The fraction of sp³-hybridized carbons (Fsp3) is 0.538. The number of methoxy groups -OCH3 is 1. The summed E-state index contributed by atoms with van der Waals surface area (Å²) in [5.41, 5.74) is 1.10. The molecule has 1 aromatic carbocycles. The molecule has 2 unspecified atom stereocenters. The number of rotatable bonds is 5. The molecule has 2 atom stereocenters. The van der Waals surface area contributed by atoms with Gasteiger partial charge in [-0.15, -0.1) is 0 Å². The van der Waals surface area contributed by atoms with E-state index in [1.165, 1.54) is 6.07 Å². The molecule has 1 aliphatic carbocycles. The summed E-state index contributed by atoms with van der Waals surface area (Å²) in [5.74, 6) is 0. The molecule has 0 aliphatic heterocycles. The summed E-state index contributed by atoms with van der Waals surface area (Å²) in [5, 5.41) is 14.1. The molecule has 0 aromatic heterocycles. The van der Waals surface area contributed by atoms with Gasteiger partial charge in [0.25, 0.3) is 5.69 Å². The number of non-ortho nitro benzene ring substituents is 1. The molecule has 98 valence electrons. The number of hydrogen-bond donors (Lipinski definition) is 1. The predicted octanol–water partition coefficient (Wildman–Crippen LogP) is 2.25. The Morgan fingerprint density at radius 1 is 1.50 bits per heavy atom. The molecule has 1 aliphatic rings. The lowest BCUT2D eigenvalue weighted by Crippen LogP contribution is -2.26. The van der Waals surface area contributed by atoms with E-state index in [4.69, 9.17) is 4.74 Å². The molecule has 5 nitrogen and oxygen atoms in total. The Balaban J connectivity index is 1.87. The summed E-state index contributed by atoms with van der Waals surface area (Å²) >= 11 is 0. The third kappa shape index (κ3) is 3.27. The van der Waals surface area contributed by atoms with Crippen LogP contribution in [0.1, 0.15) is 24.8 Å². The van der Waals surface area contributed by atoms with E-state index in [0.29, 0.717) is 18.7 Å². The van der Waals surface area contributed by atoms with Gasteiger partial charge < -0.3 is 10.1 Å². The first kappa shape index (κ1) is 13.0. The van der Waals surface area contributed by atoms with E-state index in [1.54, 1.807) is 19.2 Å². The predicted molar refractivity (Wildman–Crippen MR) is 68.4 cm³/mol. The minimum atomic E-state index is -0.361. The maximum Gasteiger partial charge on any atom is 0.269 e. The zero-order valence-corrected chi connectivity index (χ0v) is 10.5. The Labute approximate surface area is 106 Å². The Morgan fingerprint density at radius 3 is 3.00 bits per heavy atom. The quantitative estimate of drug-likeness (QED) is 0.643. The molecule has 5 heteroatoms. The number of nitro groups is 1. The van der Waals surface area contributed by atoms with Crippen LogP contribution in [0.4, 0.5) is 5.69 Å². The zero-order valence-electron chi connectivity index (χ0n) is 10.5. The van der Waals surface area contributed by atoms with Crippen molar-refractivity contribution in [3.05, 3.63) is 39.9 Å². The van der Waals surface area contributed by atoms with Crippen molar-refractivity contribution < 1.29 is 9.66 Å². The second kappa shape index (κ2) is 5.93. The van der Waals surface area contributed by atoms with Gasteiger partial charge in [-0.25, -0.2) is 0 Å². The molecule has 1 aromatic rings. The Bertz CT molecular complexity index is 422. The Morgan fingerprint density at radius 2 is 2.33 bits per heavy atom. The molecule has 0 radical (unpaired) electrons. The van der Waals surface area contributed by atoms with Crippen molar-refractivity contribution in [2.75, 3.05) is 7.11 Å². The van der Waals surface area contributed by atoms with Gasteiger partial charge in [-0.1, -0.05) is 12.1 Å². The van der Waals surface area contributed by atoms with E-state index in [0.717, 1.165) is 24.8 Å². The maximum absolute atomic E-state index is 10.7. The molecular formula is C13H18N2O3. The van der Waals surface area contributed by atoms with Crippen LogP contribution in [-0.4, -0.2) is 24.2 Å². The van der Waals surface area contributed by atoms with Crippen molar-refractivity contribution in [3.8, 4) is 0 Å².